The Balaban J connectivity index is 0.00000324. The van der Waals surface area contributed by atoms with Gasteiger partial charge in [0.2, 0.25) is 5.95 Å². The summed E-state index contributed by atoms with van der Waals surface area (Å²) >= 11 is 0. The first kappa shape index (κ1) is 25.9. The van der Waals surface area contributed by atoms with Crippen molar-refractivity contribution in [2.75, 3.05) is 57.8 Å². The number of halogens is 1. The second-order valence-corrected chi connectivity index (χ2v) is 8.08. The molecule has 1 aliphatic rings. The van der Waals surface area contributed by atoms with Crippen molar-refractivity contribution in [3.8, 4) is 11.3 Å². The number of aliphatic imine (C=N–C) groups is 1. The normalized spacial score (nSPS) is 14.5. The number of hydrogen-bond donors (Lipinski definition) is 2. The maximum absolute atomic E-state index is 4.86. The largest absolute Gasteiger partial charge is 0.357 e. The molecule has 34 heavy (non-hydrogen) atoms. The molecule has 0 atom stereocenters. The molecule has 9 nitrogen and oxygen atoms in total. The molecule has 2 N–H and O–H groups in total. The lowest BCUT2D eigenvalue weighted by atomic mass is 10.2. The molecule has 0 radical (unpaired) electrons. The van der Waals surface area contributed by atoms with Crippen LogP contribution < -0.4 is 10.2 Å². The van der Waals surface area contributed by atoms with Crippen LogP contribution in [-0.4, -0.2) is 88.6 Å². The van der Waals surface area contributed by atoms with Crippen LogP contribution in [0.15, 0.2) is 60.0 Å². The van der Waals surface area contributed by atoms with Crippen molar-refractivity contribution in [1.29, 1.82) is 0 Å². The zero-order chi connectivity index (χ0) is 22.9. The van der Waals surface area contributed by atoms with E-state index in [0.717, 1.165) is 74.8 Å². The standard InChI is InChI=1S/C24H33N9.HI/c1-3-25-23(31(2)19-22-29-18-21(30-22)20-8-5-4-6-9-20)28-12-13-32-14-16-33(17-15-32)24-26-10-7-11-27-24;/h4-11,18H,3,12-17,19H2,1-2H3,(H,25,28)(H,29,30);1H. The van der Waals surface area contributed by atoms with Crippen LogP contribution in [0.2, 0.25) is 0 Å². The van der Waals surface area contributed by atoms with Crippen LogP contribution in [-0.2, 0) is 6.54 Å². The average molecular weight is 576 g/mol. The molecule has 3 aromatic rings. The van der Waals surface area contributed by atoms with Gasteiger partial charge < -0.3 is 20.1 Å². The molecule has 1 saturated heterocycles. The molecular weight excluding hydrogens is 541 g/mol. The summed E-state index contributed by atoms with van der Waals surface area (Å²) in [4.78, 5) is 28.4. The number of piperazine rings is 1. The first-order valence-corrected chi connectivity index (χ1v) is 11.6. The summed E-state index contributed by atoms with van der Waals surface area (Å²) in [6, 6.07) is 12.1. The topological polar surface area (TPSA) is 88.6 Å². The maximum atomic E-state index is 4.86. The van der Waals surface area contributed by atoms with Crippen molar-refractivity contribution in [3.05, 3.63) is 60.8 Å². The first-order chi connectivity index (χ1) is 16.2. The minimum atomic E-state index is 0. The Hall–Kier alpha value is -2.73. The number of imidazole rings is 1. The van der Waals surface area contributed by atoms with Gasteiger partial charge in [0.05, 0.1) is 25.0 Å². The number of nitrogens with zero attached hydrogens (tertiary/aromatic N) is 7. The van der Waals surface area contributed by atoms with Gasteiger partial charge in [-0.3, -0.25) is 9.89 Å². The van der Waals surface area contributed by atoms with E-state index in [4.69, 9.17) is 4.99 Å². The van der Waals surface area contributed by atoms with Gasteiger partial charge in [-0.1, -0.05) is 30.3 Å². The Labute approximate surface area is 218 Å². The van der Waals surface area contributed by atoms with Gasteiger partial charge in [-0.05, 0) is 18.6 Å². The fraction of sp³-hybridized carbons (Fsp3) is 0.417. The van der Waals surface area contributed by atoms with E-state index in [1.165, 1.54) is 0 Å². The second-order valence-electron chi connectivity index (χ2n) is 8.08. The summed E-state index contributed by atoms with van der Waals surface area (Å²) in [6.45, 7) is 9.14. The van der Waals surface area contributed by atoms with E-state index in [2.05, 4.69) is 59.0 Å². The number of guanidine groups is 1. The molecule has 10 heteroatoms. The molecule has 182 valence electrons. The Bertz CT molecular complexity index is 1000. The molecule has 0 aliphatic carbocycles. The van der Waals surface area contributed by atoms with Crippen LogP contribution in [0.1, 0.15) is 12.7 Å². The van der Waals surface area contributed by atoms with E-state index < -0.39 is 0 Å². The lowest BCUT2D eigenvalue weighted by Crippen LogP contribution is -2.48. The van der Waals surface area contributed by atoms with E-state index in [9.17, 15) is 0 Å². The lowest BCUT2D eigenvalue weighted by Gasteiger charge is -2.34. The Morgan fingerprint density at radius 1 is 1.06 bits per heavy atom. The molecule has 0 amide bonds. The van der Waals surface area contributed by atoms with Gasteiger partial charge in [0, 0.05) is 58.7 Å². The van der Waals surface area contributed by atoms with Gasteiger partial charge in [0.25, 0.3) is 0 Å². The number of anilines is 1. The predicted molar refractivity (Wildman–Crippen MR) is 148 cm³/mol. The van der Waals surface area contributed by atoms with Gasteiger partial charge in [-0.2, -0.15) is 0 Å². The van der Waals surface area contributed by atoms with E-state index in [-0.39, 0.29) is 24.0 Å². The van der Waals surface area contributed by atoms with Gasteiger partial charge in [-0.25, -0.2) is 15.0 Å². The van der Waals surface area contributed by atoms with Crippen LogP contribution in [0.3, 0.4) is 0 Å². The number of H-pyrrole nitrogens is 1. The second kappa shape index (κ2) is 13.2. The van der Waals surface area contributed by atoms with Crippen molar-refractivity contribution in [2.45, 2.75) is 13.5 Å². The smallest absolute Gasteiger partial charge is 0.225 e. The van der Waals surface area contributed by atoms with Crippen LogP contribution in [0.4, 0.5) is 5.95 Å². The number of aromatic nitrogens is 4. The molecule has 0 spiro atoms. The lowest BCUT2D eigenvalue weighted by molar-refractivity contribution is 0.263. The Morgan fingerprint density at radius 3 is 2.50 bits per heavy atom. The molecular formula is C24H34IN9. The summed E-state index contributed by atoms with van der Waals surface area (Å²) in [5.41, 5.74) is 2.17. The summed E-state index contributed by atoms with van der Waals surface area (Å²) < 4.78 is 0. The van der Waals surface area contributed by atoms with Crippen LogP contribution >= 0.6 is 24.0 Å². The first-order valence-electron chi connectivity index (χ1n) is 11.6. The van der Waals surface area contributed by atoms with Crippen molar-refractivity contribution in [2.24, 2.45) is 4.99 Å². The van der Waals surface area contributed by atoms with Crippen LogP contribution in [0.25, 0.3) is 11.3 Å². The summed E-state index contributed by atoms with van der Waals surface area (Å²) in [6.07, 6.45) is 5.49. The molecule has 1 aromatic carbocycles. The highest BCUT2D eigenvalue weighted by Crippen LogP contribution is 2.16. The van der Waals surface area contributed by atoms with Gasteiger partial charge in [0.15, 0.2) is 5.96 Å². The third kappa shape index (κ3) is 7.13. The van der Waals surface area contributed by atoms with E-state index in [0.29, 0.717) is 6.54 Å². The van der Waals surface area contributed by atoms with Crippen LogP contribution in [0, 0.1) is 0 Å². The minimum absolute atomic E-state index is 0. The fourth-order valence-corrected chi connectivity index (χ4v) is 3.90. The van der Waals surface area contributed by atoms with Gasteiger partial charge >= 0.3 is 0 Å². The average Bonchev–Trinajstić information content (AvgIpc) is 3.33. The Morgan fingerprint density at radius 2 is 1.79 bits per heavy atom. The third-order valence-corrected chi connectivity index (χ3v) is 5.68. The number of hydrogen-bond acceptors (Lipinski definition) is 6. The van der Waals surface area contributed by atoms with Crippen molar-refractivity contribution in [3.63, 3.8) is 0 Å². The molecule has 4 rings (SSSR count). The third-order valence-electron chi connectivity index (χ3n) is 5.68. The summed E-state index contributed by atoms with van der Waals surface area (Å²) in [7, 11) is 2.05. The maximum Gasteiger partial charge on any atom is 0.225 e. The van der Waals surface area contributed by atoms with E-state index in [1.54, 1.807) is 12.4 Å². The molecule has 2 aromatic heterocycles. The monoisotopic (exact) mass is 575 g/mol. The predicted octanol–water partition coefficient (Wildman–Crippen LogP) is 2.70. The van der Waals surface area contributed by atoms with Gasteiger partial charge in [0.1, 0.15) is 5.82 Å². The minimum Gasteiger partial charge on any atom is -0.357 e. The molecule has 0 saturated carbocycles. The zero-order valence-corrected chi connectivity index (χ0v) is 22.2. The van der Waals surface area contributed by atoms with Crippen molar-refractivity contribution < 1.29 is 0 Å². The molecule has 1 aliphatic heterocycles. The van der Waals surface area contributed by atoms with E-state index in [1.807, 2.05) is 37.5 Å². The molecule has 3 heterocycles. The number of benzene rings is 1. The van der Waals surface area contributed by atoms with Gasteiger partial charge in [-0.15, -0.1) is 24.0 Å². The highest BCUT2D eigenvalue weighted by atomic mass is 127. The molecule has 1 fully saturated rings. The number of nitrogens with one attached hydrogen (secondary N) is 2. The molecule has 0 unspecified atom stereocenters. The summed E-state index contributed by atoms with van der Waals surface area (Å²) in [5, 5.41) is 3.40. The number of rotatable bonds is 8. The SMILES string of the molecule is CCNC(=NCCN1CCN(c2ncccn2)CC1)N(C)Cc1ncc(-c2ccccc2)[nH]1.I. The highest BCUT2D eigenvalue weighted by Gasteiger charge is 2.18. The van der Waals surface area contributed by atoms with Crippen LogP contribution in [0.5, 0.6) is 0 Å². The zero-order valence-electron chi connectivity index (χ0n) is 19.9. The van der Waals surface area contributed by atoms with Crippen molar-refractivity contribution in [1.82, 2.24) is 35.1 Å². The molecule has 0 bridgehead atoms. The quantitative estimate of drug-likeness (QED) is 0.243. The van der Waals surface area contributed by atoms with E-state index >= 15 is 0 Å². The Kier molecular flexibility index (Phi) is 10.1. The fourth-order valence-electron chi connectivity index (χ4n) is 3.90. The summed E-state index contributed by atoms with van der Waals surface area (Å²) in [5.74, 6) is 2.63. The van der Waals surface area contributed by atoms with Crippen molar-refractivity contribution >= 4 is 35.9 Å². The highest BCUT2D eigenvalue weighted by molar-refractivity contribution is 14.0. The number of aromatic amines is 1.